The van der Waals surface area contributed by atoms with Crippen LogP contribution in [-0.4, -0.2) is 25.8 Å². The Morgan fingerprint density at radius 1 is 1.06 bits per heavy atom. The van der Waals surface area contributed by atoms with Gasteiger partial charge in [0.15, 0.2) is 0 Å². The highest BCUT2D eigenvalue weighted by Crippen LogP contribution is 2.09. The fourth-order valence-electron chi connectivity index (χ4n) is 1.82. The molecule has 0 aromatic heterocycles. The average molecular weight is 229 g/mol. The van der Waals surface area contributed by atoms with Gasteiger partial charge in [0.25, 0.3) is 0 Å². The lowest BCUT2D eigenvalue weighted by atomic mass is 10.1. The van der Waals surface area contributed by atoms with Crippen LogP contribution in [0.15, 0.2) is 0 Å². The van der Waals surface area contributed by atoms with Crippen molar-refractivity contribution in [1.82, 2.24) is 5.32 Å². The third-order valence-electron chi connectivity index (χ3n) is 3.20. The molecular formula is C14H31NO. The zero-order valence-electron chi connectivity index (χ0n) is 11.9. The Morgan fingerprint density at radius 3 is 2.25 bits per heavy atom. The minimum atomic E-state index is 0.409. The van der Waals surface area contributed by atoms with Gasteiger partial charge in [-0.05, 0) is 26.3 Å². The molecule has 1 N–H and O–H groups in total. The SMILES string of the molecule is CCCCCCC(C)OCC(NC)C(C)C. The van der Waals surface area contributed by atoms with Gasteiger partial charge in [-0.3, -0.25) is 0 Å². The van der Waals surface area contributed by atoms with E-state index < -0.39 is 0 Å². The molecule has 0 aliphatic heterocycles. The molecule has 2 nitrogen and oxygen atoms in total. The van der Waals surface area contributed by atoms with E-state index in [9.17, 15) is 0 Å². The van der Waals surface area contributed by atoms with Crippen LogP contribution in [0.1, 0.15) is 59.8 Å². The zero-order chi connectivity index (χ0) is 12.4. The van der Waals surface area contributed by atoms with Gasteiger partial charge in [-0.1, -0.05) is 46.5 Å². The Balaban J connectivity index is 3.51. The van der Waals surface area contributed by atoms with E-state index in [2.05, 4.69) is 33.0 Å². The molecule has 0 heterocycles. The van der Waals surface area contributed by atoms with Crippen LogP contribution in [0, 0.1) is 5.92 Å². The van der Waals surface area contributed by atoms with E-state index in [1.807, 2.05) is 7.05 Å². The van der Waals surface area contributed by atoms with Crippen LogP contribution in [0.2, 0.25) is 0 Å². The molecule has 2 atom stereocenters. The van der Waals surface area contributed by atoms with Crippen molar-refractivity contribution in [3.8, 4) is 0 Å². The smallest absolute Gasteiger partial charge is 0.0625 e. The van der Waals surface area contributed by atoms with Crippen molar-refractivity contribution in [2.75, 3.05) is 13.7 Å². The van der Waals surface area contributed by atoms with Gasteiger partial charge in [-0.25, -0.2) is 0 Å². The molecule has 16 heavy (non-hydrogen) atoms. The van der Waals surface area contributed by atoms with Crippen LogP contribution in [0.4, 0.5) is 0 Å². The first-order valence-electron chi connectivity index (χ1n) is 6.90. The summed E-state index contributed by atoms with van der Waals surface area (Å²) in [6.45, 7) is 9.75. The van der Waals surface area contributed by atoms with Crippen LogP contribution < -0.4 is 5.32 Å². The summed E-state index contributed by atoms with van der Waals surface area (Å²) in [5, 5.41) is 3.31. The summed E-state index contributed by atoms with van der Waals surface area (Å²) in [5.41, 5.74) is 0. The van der Waals surface area contributed by atoms with Gasteiger partial charge in [0.05, 0.1) is 12.7 Å². The molecule has 0 saturated heterocycles. The average Bonchev–Trinajstić information content (AvgIpc) is 2.25. The molecule has 0 amide bonds. The van der Waals surface area contributed by atoms with Crippen molar-refractivity contribution in [2.45, 2.75) is 71.9 Å². The van der Waals surface area contributed by atoms with Crippen LogP contribution in [0.25, 0.3) is 0 Å². The minimum absolute atomic E-state index is 0.409. The molecule has 0 fully saturated rings. The Kier molecular flexibility index (Phi) is 10.0. The Morgan fingerprint density at radius 2 is 1.75 bits per heavy atom. The maximum atomic E-state index is 5.87. The van der Waals surface area contributed by atoms with Crippen LogP contribution >= 0.6 is 0 Å². The van der Waals surface area contributed by atoms with Crippen LogP contribution in [0.5, 0.6) is 0 Å². The molecule has 0 rings (SSSR count). The monoisotopic (exact) mass is 229 g/mol. The Hall–Kier alpha value is -0.0800. The molecule has 0 bridgehead atoms. The topological polar surface area (TPSA) is 21.3 Å². The van der Waals surface area contributed by atoms with E-state index in [0.717, 1.165) is 6.61 Å². The zero-order valence-corrected chi connectivity index (χ0v) is 11.9. The predicted octanol–water partition coefficient (Wildman–Crippen LogP) is 3.61. The first-order valence-corrected chi connectivity index (χ1v) is 6.90. The molecule has 0 spiro atoms. The summed E-state index contributed by atoms with van der Waals surface area (Å²) in [6, 6.07) is 0.484. The van der Waals surface area contributed by atoms with E-state index in [4.69, 9.17) is 4.74 Å². The predicted molar refractivity (Wildman–Crippen MR) is 71.9 cm³/mol. The lowest BCUT2D eigenvalue weighted by Crippen LogP contribution is -2.36. The minimum Gasteiger partial charge on any atom is -0.377 e. The summed E-state index contributed by atoms with van der Waals surface area (Å²) in [4.78, 5) is 0. The van der Waals surface area contributed by atoms with Crippen molar-refractivity contribution in [2.24, 2.45) is 5.92 Å². The molecule has 0 aromatic carbocycles. The molecule has 2 unspecified atom stereocenters. The van der Waals surface area contributed by atoms with Crippen LogP contribution in [-0.2, 0) is 4.74 Å². The van der Waals surface area contributed by atoms with Gasteiger partial charge >= 0.3 is 0 Å². The van der Waals surface area contributed by atoms with Crippen molar-refractivity contribution in [3.63, 3.8) is 0 Å². The van der Waals surface area contributed by atoms with E-state index in [1.165, 1.54) is 32.1 Å². The van der Waals surface area contributed by atoms with E-state index in [0.29, 0.717) is 18.1 Å². The number of likely N-dealkylation sites (N-methyl/N-ethyl adjacent to an activating group) is 1. The number of nitrogens with one attached hydrogen (secondary N) is 1. The van der Waals surface area contributed by atoms with E-state index in [1.54, 1.807) is 0 Å². The third-order valence-corrected chi connectivity index (χ3v) is 3.20. The highest BCUT2D eigenvalue weighted by Gasteiger charge is 2.12. The summed E-state index contributed by atoms with van der Waals surface area (Å²) in [7, 11) is 2.01. The third kappa shape index (κ3) is 8.12. The number of hydrogen-bond donors (Lipinski definition) is 1. The molecule has 0 aliphatic rings. The molecule has 98 valence electrons. The molecule has 0 aromatic rings. The Labute approximate surface area is 102 Å². The molecular weight excluding hydrogens is 198 g/mol. The number of rotatable bonds is 10. The largest absolute Gasteiger partial charge is 0.377 e. The number of unbranched alkanes of at least 4 members (excludes halogenated alkanes) is 3. The second kappa shape index (κ2) is 10.1. The summed E-state index contributed by atoms with van der Waals surface area (Å²) >= 11 is 0. The fraction of sp³-hybridized carbons (Fsp3) is 1.00. The second-order valence-electron chi connectivity index (χ2n) is 5.13. The second-order valence-corrected chi connectivity index (χ2v) is 5.13. The quantitative estimate of drug-likeness (QED) is 0.578. The number of hydrogen-bond acceptors (Lipinski definition) is 2. The first kappa shape index (κ1) is 15.9. The van der Waals surface area contributed by atoms with Gasteiger partial charge in [-0.2, -0.15) is 0 Å². The van der Waals surface area contributed by atoms with Gasteiger partial charge < -0.3 is 10.1 Å². The Bertz CT molecular complexity index is 148. The highest BCUT2D eigenvalue weighted by molar-refractivity contribution is 4.68. The van der Waals surface area contributed by atoms with E-state index in [-0.39, 0.29) is 0 Å². The van der Waals surface area contributed by atoms with Gasteiger partial charge in [0.2, 0.25) is 0 Å². The van der Waals surface area contributed by atoms with Crippen molar-refractivity contribution < 1.29 is 4.74 Å². The van der Waals surface area contributed by atoms with Gasteiger partial charge in [-0.15, -0.1) is 0 Å². The fourth-order valence-corrected chi connectivity index (χ4v) is 1.82. The van der Waals surface area contributed by atoms with E-state index >= 15 is 0 Å². The summed E-state index contributed by atoms with van der Waals surface area (Å²) in [6.07, 6.45) is 6.94. The molecule has 0 saturated carbocycles. The normalized spacial score (nSPS) is 15.4. The highest BCUT2D eigenvalue weighted by atomic mass is 16.5. The lowest BCUT2D eigenvalue weighted by molar-refractivity contribution is 0.0364. The van der Waals surface area contributed by atoms with Crippen LogP contribution in [0.3, 0.4) is 0 Å². The van der Waals surface area contributed by atoms with Crippen molar-refractivity contribution in [3.05, 3.63) is 0 Å². The van der Waals surface area contributed by atoms with Gasteiger partial charge in [0.1, 0.15) is 0 Å². The molecule has 0 aliphatic carbocycles. The maximum Gasteiger partial charge on any atom is 0.0625 e. The molecule has 0 radical (unpaired) electrons. The number of ether oxygens (including phenoxy) is 1. The lowest BCUT2D eigenvalue weighted by Gasteiger charge is -2.22. The van der Waals surface area contributed by atoms with Crippen molar-refractivity contribution >= 4 is 0 Å². The van der Waals surface area contributed by atoms with Gasteiger partial charge in [0, 0.05) is 6.04 Å². The standard InChI is InChI=1S/C14H31NO/c1-6-7-8-9-10-13(4)16-11-14(15-5)12(2)3/h12-15H,6-11H2,1-5H3. The van der Waals surface area contributed by atoms with Crippen molar-refractivity contribution in [1.29, 1.82) is 0 Å². The molecule has 2 heteroatoms. The first-order chi connectivity index (χ1) is 7.61. The summed E-state index contributed by atoms with van der Waals surface area (Å²) < 4.78 is 5.87. The maximum absolute atomic E-state index is 5.87. The summed E-state index contributed by atoms with van der Waals surface area (Å²) in [5.74, 6) is 0.636.